The van der Waals surface area contributed by atoms with Crippen LogP contribution in [0.4, 0.5) is 23.4 Å². The lowest BCUT2D eigenvalue weighted by atomic mass is 9.91. The van der Waals surface area contributed by atoms with Crippen LogP contribution in [-0.4, -0.2) is 51.8 Å². The Kier molecular flexibility index (Phi) is 7.36. The number of hydrogen-bond acceptors (Lipinski definition) is 6. The Bertz CT molecular complexity index is 1300. The van der Waals surface area contributed by atoms with Crippen molar-refractivity contribution >= 4 is 16.7 Å². The van der Waals surface area contributed by atoms with Crippen LogP contribution in [-0.2, 0) is 5.92 Å². The number of aliphatic hydroxyl groups is 1. The van der Waals surface area contributed by atoms with E-state index in [1.54, 1.807) is 13.8 Å². The number of hydrogen-bond donors (Lipinski definition) is 2. The molecule has 6 nitrogen and oxygen atoms in total. The maximum Gasteiger partial charge on any atom is 0.303 e. The molecule has 37 heavy (non-hydrogen) atoms. The average Bonchev–Trinajstić information content (AvgIpc) is 3.21. The van der Waals surface area contributed by atoms with Crippen molar-refractivity contribution in [1.82, 2.24) is 14.9 Å². The number of fused-ring (bicyclic) bond motifs is 1. The van der Waals surface area contributed by atoms with Crippen molar-refractivity contribution in [3.63, 3.8) is 0 Å². The normalized spacial score (nSPS) is 17.8. The molecule has 0 aliphatic carbocycles. The molecule has 0 radical (unpaired) electrons. The maximum atomic E-state index is 15.3. The number of aryl methyl sites for hydroxylation is 1. The molecule has 1 aliphatic heterocycles. The van der Waals surface area contributed by atoms with E-state index >= 15 is 4.39 Å². The number of rotatable bonds is 8. The Morgan fingerprint density at radius 1 is 1.22 bits per heavy atom. The van der Waals surface area contributed by atoms with Crippen LogP contribution < -0.4 is 10.1 Å². The van der Waals surface area contributed by atoms with E-state index in [0.29, 0.717) is 23.3 Å². The summed E-state index contributed by atoms with van der Waals surface area (Å²) in [5.74, 6) is -4.81. The standard InChI is InChI=1S/C27H32F4N4O2/c1-15(18-9-6-10-20(24(18)29)27(30,31)26(3,4)36)32-25-19-12-23(37-14-17-8-7-11-35(17)5)21(28)13-22(19)33-16(2)34-25/h6,9-10,12-13,15,17,36H,7-8,11,14H2,1-5H3,(H,32,33,34)/t15-,17+/m1/s1. The van der Waals surface area contributed by atoms with Gasteiger partial charge in [0.2, 0.25) is 0 Å². The molecule has 3 aromatic rings. The van der Waals surface area contributed by atoms with Gasteiger partial charge >= 0.3 is 5.92 Å². The topological polar surface area (TPSA) is 70.5 Å². The van der Waals surface area contributed by atoms with Gasteiger partial charge in [0.05, 0.1) is 17.1 Å². The Labute approximate surface area is 213 Å². The van der Waals surface area contributed by atoms with Gasteiger partial charge in [0.1, 0.15) is 29.7 Å². The van der Waals surface area contributed by atoms with E-state index in [-0.39, 0.29) is 23.2 Å². The van der Waals surface area contributed by atoms with E-state index in [2.05, 4.69) is 20.2 Å². The maximum absolute atomic E-state index is 15.3. The van der Waals surface area contributed by atoms with Gasteiger partial charge in [0, 0.05) is 23.1 Å². The molecule has 1 aliphatic rings. The largest absolute Gasteiger partial charge is 0.489 e. The second-order valence-electron chi connectivity index (χ2n) is 10.2. The monoisotopic (exact) mass is 520 g/mol. The third-order valence-corrected chi connectivity index (χ3v) is 6.92. The van der Waals surface area contributed by atoms with Gasteiger partial charge in [-0.1, -0.05) is 12.1 Å². The molecular weight excluding hydrogens is 488 g/mol. The fourth-order valence-electron chi connectivity index (χ4n) is 4.58. The van der Waals surface area contributed by atoms with Gasteiger partial charge in [-0.3, -0.25) is 0 Å². The first kappa shape index (κ1) is 27.1. The van der Waals surface area contributed by atoms with Crippen LogP contribution in [0.25, 0.3) is 10.9 Å². The molecule has 4 rings (SSSR count). The van der Waals surface area contributed by atoms with Crippen molar-refractivity contribution in [2.45, 2.75) is 64.1 Å². The summed E-state index contributed by atoms with van der Waals surface area (Å²) in [6.45, 7) is 6.40. The summed E-state index contributed by atoms with van der Waals surface area (Å²) in [5.41, 5.74) is -3.07. The minimum absolute atomic E-state index is 0.0336. The van der Waals surface area contributed by atoms with Crippen LogP contribution in [0.5, 0.6) is 5.75 Å². The van der Waals surface area contributed by atoms with E-state index in [1.165, 1.54) is 24.3 Å². The number of likely N-dealkylation sites (N-methyl/N-ethyl adjacent to an activating group) is 1. The molecule has 0 amide bonds. The molecule has 0 saturated carbocycles. The van der Waals surface area contributed by atoms with Crippen LogP contribution >= 0.6 is 0 Å². The first-order valence-electron chi connectivity index (χ1n) is 12.3. The Hall–Kier alpha value is -2.98. The highest BCUT2D eigenvalue weighted by atomic mass is 19.3. The highest BCUT2D eigenvalue weighted by Crippen LogP contribution is 2.41. The van der Waals surface area contributed by atoms with Crippen LogP contribution in [0.3, 0.4) is 0 Å². The van der Waals surface area contributed by atoms with Gasteiger partial charge in [-0.05, 0) is 66.3 Å². The third kappa shape index (κ3) is 5.36. The van der Waals surface area contributed by atoms with Crippen molar-refractivity contribution in [3.8, 4) is 5.75 Å². The van der Waals surface area contributed by atoms with E-state index in [4.69, 9.17) is 4.74 Å². The average molecular weight is 521 g/mol. The SMILES string of the molecule is Cc1nc(N[C@H](C)c2cccc(C(F)(F)C(C)(C)O)c2F)c2cc(OC[C@@H]3CCCN3C)c(F)cc2n1. The zero-order valence-electron chi connectivity index (χ0n) is 21.6. The molecule has 0 spiro atoms. The number of aromatic nitrogens is 2. The summed E-state index contributed by atoms with van der Waals surface area (Å²) in [4.78, 5) is 10.9. The second kappa shape index (κ2) is 10.1. The van der Waals surface area contributed by atoms with E-state index in [0.717, 1.165) is 39.3 Å². The predicted octanol–water partition coefficient (Wildman–Crippen LogP) is 5.73. The number of anilines is 1. The lowest BCUT2D eigenvalue weighted by Crippen LogP contribution is -2.41. The van der Waals surface area contributed by atoms with E-state index in [9.17, 15) is 18.3 Å². The molecule has 2 heterocycles. The number of nitrogens with zero attached hydrogens (tertiary/aromatic N) is 3. The molecule has 1 fully saturated rings. The molecule has 10 heteroatoms. The number of halogens is 4. The van der Waals surface area contributed by atoms with Crippen LogP contribution in [0, 0.1) is 18.6 Å². The van der Waals surface area contributed by atoms with Gasteiger partial charge in [-0.2, -0.15) is 8.78 Å². The van der Waals surface area contributed by atoms with Crippen molar-refractivity contribution in [1.29, 1.82) is 0 Å². The zero-order valence-corrected chi connectivity index (χ0v) is 21.6. The Morgan fingerprint density at radius 2 is 1.95 bits per heavy atom. The summed E-state index contributed by atoms with van der Waals surface area (Å²) >= 11 is 0. The fourth-order valence-corrected chi connectivity index (χ4v) is 4.58. The van der Waals surface area contributed by atoms with E-state index in [1.807, 2.05) is 7.05 Å². The molecule has 0 bridgehead atoms. The lowest BCUT2D eigenvalue weighted by Gasteiger charge is -2.30. The summed E-state index contributed by atoms with van der Waals surface area (Å²) in [7, 11) is 2.00. The summed E-state index contributed by atoms with van der Waals surface area (Å²) in [5, 5.41) is 13.4. The summed E-state index contributed by atoms with van der Waals surface area (Å²) < 4.78 is 65.5. The van der Waals surface area contributed by atoms with Crippen LogP contribution in [0.1, 0.15) is 56.6 Å². The number of ether oxygens (including phenoxy) is 1. The predicted molar refractivity (Wildman–Crippen MR) is 134 cm³/mol. The van der Waals surface area contributed by atoms with Gasteiger partial charge in [0.25, 0.3) is 0 Å². The first-order chi connectivity index (χ1) is 17.3. The van der Waals surface area contributed by atoms with Gasteiger partial charge in [0.15, 0.2) is 11.6 Å². The highest BCUT2D eigenvalue weighted by molar-refractivity contribution is 5.90. The molecule has 2 atom stereocenters. The molecule has 2 N–H and O–H groups in total. The van der Waals surface area contributed by atoms with Crippen molar-refractivity contribution in [2.75, 3.05) is 25.5 Å². The van der Waals surface area contributed by atoms with Crippen molar-refractivity contribution in [3.05, 3.63) is 58.9 Å². The smallest absolute Gasteiger partial charge is 0.303 e. The fraction of sp³-hybridized carbons (Fsp3) is 0.481. The third-order valence-electron chi connectivity index (χ3n) is 6.92. The number of likely N-dealkylation sites (tertiary alicyclic amines) is 1. The second-order valence-corrected chi connectivity index (χ2v) is 10.2. The Balaban J connectivity index is 1.66. The molecule has 1 saturated heterocycles. The number of benzene rings is 2. The van der Waals surface area contributed by atoms with Crippen LogP contribution in [0.2, 0.25) is 0 Å². The van der Waals surface area contributed by atoms with Gasteiger partial charge in [-0.15, -0.1) is 0 Å². The highest BCUT2D eigenvalue weighted by Gasteiger charge is 2.49. The van der Waals surface area contributed by atoms with Crippen molar-refractivity contribution in [2.24, 2.45) is 0 Å². The van der Waals surface area contributed by atoms with Gasteiger partial charge in [-0.25, -0.2) is 18.7 Å². The number of alkyl halides is 2. The van der Waals surface area contributed by atoms with Gasteiger partial charge < -0.3 is 20.1 Å². The molecule has 2 aromatic carbocycles. The lowest BCUT2D eigenvalue weighted by molar-refractivity contribution is -0.170. The van der Waals surface area contributed by atoms with E-state index < -0.39 is 34.8 Å². The molecule has 1 aromatic heterocycles. The quantitative estimate of drug-likeness (QED) is 0.370. The summed E-state index contributed by atoms with van der Waals surface area (Å²) in [6, 6.07) is 5.83. The zero-order chi connectivity index (χ0) is 27.1. The minimum atomic E-state index is -3.82. The molecule has 200 valence electrons. The molecule has 0 unspecified atom stereocenters. The Morgan fingerprint density at radius 3 is 2.59 bits per heavy atom. The van der Waals surface area contributed by atoms with Crippen LogP contribution in [0.15, 0.2) is 30.3 Å². The molecular formula is C27H32F4N4O2. The van der Waals surface area contributed by atoms with Crippen molar-refractivity contribution < 1.29 is 27.4 Å². The first-order valence-corrected chi connectivity index (χ1v) is 12.3. The summed E-state index contributed by atoms with van der Waals surface area (Å²) in [6.07, 6.45) is 2.03. The number of nitrogens with one attached hydrogen (secondary N) is 1. The minimum Gasteiger partial charge on any atom is -0.489 e.